The molecule has 12 nitrogen and oxygen atoms in total. The number of carbonyl (C=O) groups is 4. The SMILES string of the molecule is C=C(CCC(=C)C(=O)OCCNC(=O)/C(C#N)=C1\c2ccccc2Sc2ccc(OCCC)cc21)C(=O)OCCNC(=O)/C(C#N)=C1/c2ccccc2Sc2ccc(OCCC)cc21. The molecule has 6 rings (SSSR count). The van der Waals surface area contributed by atoms with Crippen molar-refractivity contribution >= 4 is 58.4 Å². The monoisotopic (exact) mass is 894 g/mol. The zero-order valence-corrected chi connectivity index (χ0v) is 37.2. The van der Waals surface area contributed by atoms with Gasteiger partial charge < -0.3 is 29.6 Å². The second kappa shape index (κ2) is 22.4. The van der Waals surface area contributed by atoms with Gasteiger partial charge in [0.15, 0.2) is 0 Å². The zero-order valence-electron chi connectivity index (χ0n) is 35.5. The fraction of sp³-hybridized carbons (Fsp3) is 0.240. The summed E-state index contributed by atoms with van der Waals surface area (Å²) in [4.78, 5) is 55.9. The maximum absolute atomic E-state index is 13.4. The van der Waals surface area contributed by atoms with Gasteiger partial charge in [-0.2, -0.15) is 10.5 Å². The van der Waals surface area contributed by atoms with Gasteiger partial charge >= 0.3 is 11.9 Å². The minimum atomic E-state index is -0.724. The molecule has 0 unspecified atom stereocenters. The van der Waals surface area contributed by atoms with Crippen molar-refractivity contribution in [2.24, 2.45) is 0 Å². The number of nitriles is 2. The van der Waals surface area contributed by atoms with E-state index in [1.807, 2.05) is 98.8 Å². The Balaban J connectivity index is 0.966. The molecule has 0 aromatic heterocycles. The molecule has 0 fully saturated rings. The van der Waals surface area contributed by atoms with E-state index in [1.165, 1.54) is 0 Å². The molecule has 2 N–H and O–H groups in total. The number of hydrogen-bond donors (Lipinski definition) is 2. The molecule has 4 aromatic rings. The molecule has 0 radical (unpaired) electrons. The van der Waals surface area contributed by atoms with E-state index in [-0.39, 0.29) is 61.4 Å². The van der Waals surface area contributed by atoms with Crippen molar-refractivity contribution in [1.82, 2.24) is 10.6 Å². The highest BCUT2D eigenvalue weighted by Gasteiger charge is 2.29. The predicted octanol–water partition coefficient (Wildman–Crippen LogP) is 8.76. The summed E-state index contributed by atoms with van der Waals surface area (Å²) in [7, 11) is 0. The average Bonchev–Trinajstić information content (AvgIpc) is 3.31. The van der Waals surface area contributed by atoms with Crippen LogP contribution >= 0.6 is 23.5 Å². The number of amides is 2. The standard InChI is InChI=1S/C50H46N4O8S2/c1-5-23-59-33-17-19-43-37(27-33)45(35-11-7-9-13-41(35)63-43)39(29-51)47(55)53-21-25-61-49(57)31(3)15-16-32(4)50(58)62-26-22-54-48(56)40(30-52)46-36-12-8-10-14-42(36)64-44-20-18-34(28-38(44)46)60-24-6-2/h7-14,17-20,27-28H,3-6,15-16,21-26H2,1-2H3,(H,53,55)(H,54,56)/b45-39-,46-40+. The van der Waals surface area contributed by atoms with Gasteiger partial charge in [-0.15, -0.1) is 0 Å². The molecule has 2 aliphatic rings. The Kier molecular flexibility index (Phi) is 16.3. The summed E-state index contributed by atoms with van der Waals surface area (Å²) in [5.41, 5.74) is 3.89. The summed E-state index contributed by atoms with van der Waals surface area (Å²) in [6.07, 6.45) is 1.75. The number of carbonyl (C=O) groups excluding carboxylic acids is 4. The lowest BCUT2D eigenvalue weighted by Gasteiger charge is -2.23. The first kappa shape index (κ1) is 46.5. The molecule has 14 heteroatoms. The van der Waals surface area contributed by atoms with Crippen molar-refractivity contribution in [2.75, 3.05) is 39.5 Å². The van der Waals surface area contributed by atoms with Crippen molar-refractivity contribution in [3.63, 3.8) is 0 Å². The summed E-state index contributed by atoms with van der Waals surface area (Å²) < 4.78 is 22.3. The van der Waals surface area contributed by atoms with Crippen molar-refractivity contribution < 1.29 is 38.1 Å². The first-order chi connectivity index (χ1) is 31.1. The van der Waals surface area contributed by atoms with Gasteiger partial charge in [0.1, 0.15) is 48.0 Å². The molecule has 0 bridgehead atoms. The first-order valence-electron chi connectivity index (χ1n) is 20.7. The number of rotatable bonds is 19. The highest BCUT2D eigenvalue weighted by molar-refractivity contribution is 7.99. The largest absolute Gasteiger partial charge is 0.494 e. The molecule has 0 atom stereocenters. The summed E-state index contributed by atoms with van der Waals surface area (Å²) >= 11 is 3.09. The smallest absolute Gasteiger partial charge is 0.333 e. The molecule has 2 amide bonds. The third-order valence-corrected chi connectivity index (χ3v) is 12.2. The lowest BCUT2D eigenvalue weighted by atomic mass is 9.92. The molecule has 0 saturated heterocycles. The van der Waals surface area contributed by atoms with E-state index in [0.29, 0.717) is 47.0 Å². The highest BCUT2D eigenvalue weighted by Crippen LogP contribution is 2.49. The van der Waals surface area contributed by atoms with E-state index in [9.17, 15) is 29.7 Å². The van der Waals surface area contributed by atoms with Gasteiger partial charge in [-0.1, -0.05) is 86.9 Å². The molecular weight excluding hydrogens is 849 g/mol. The molecule has 64 heavy (non-hydrogen) atoms. The molecule has 0 aliphatic carbocycles. The highest BCUT2D eigenvalue weighted by atomic mass is 32.2. The minimum Gasteiger partial charge on any atom is -0.494 e. The van der Waals surface area contributed by atoms with Gasteiger partial charge in [0.25, 0.3) is 11.8 Å². The number of benzene rings is 4. The normalized spacial score (nSPS) is 13.4. The third kappa shape index (κ3) is 11.1. The van der Waals surface area contributed by atoms with Crippen LogP contribution in [0.15, 0.2) is 140 Å². The van der Waals surface area contributed by atoms with Crippen LogP contribution in [0.4, 0.5) is 0 Å². The number of hydrogen-bond acceptors (Lipinski definition) is 12. The molecule has 2 aliphatic heterocycles. The van der Waals surface area contributed by atoms with Gasteiger partial charge in [0.2, 0.25) is 0 Å². The Labute approximate surface area is 381 Å². The van der Waals surface area contributed by atoms with E-state index in [1.54, 1.807) is 23.5 Å². The third-order valence-electron chi connectivity index (χ3n) is 9.86. The Morgan fingerprint density at radius 2 is 0.953 bits per heavy atom. The van der Waals surface area contributed by atoms with Crippen LogP contribution in [0.2, 0.25) is 0 Å². The minimum absolute atomic E-state index is 0.0485. The van der Waals surface area contributed by atoms with Gasteiger partial charge in [-0.3, -0.25) is 9.59 Å². The summed E-state index contributed by atoms with van der Waals surface area (Å²) in [5.74, 6) is -1.42. The second-order valence-electron chi connectivity index (χ2n) is 14.4. The predicted molar refractivity (Wildman–Crippen MR) is 244 cm³/mol. The summed E-state index contributed by atoms with van der Waals surface area (Å²) in [6, 6.07) is 30.5. The van der Waals surface area contributed by atoms with Crippen LogP contribution in [0.5, 0.6) is 11.5 Å². The maximum atomic E-state index is 13.4. The summed E-state index contributed by atoms with van der Waals surface area (Å²) in [5, 5.41) is 25.8. The number of nitrogens with one attached hydrogen (secondary N) is 2. The Bertz CT molecular complexity index is 2470. The lowest BCUT2D eigenvalue weighted by molar-refractivity contribution is -0.140. The van der Waals surface area contributed by atoms with Crippen LogP contribution in [-0.4, -0.2) is 63.3 Å². The van der Waals surface area contributed by atoms with Crippen LogP contribution < -0.4 is 20.1 Å². The van der Waals surface area contributed by atoms with Crippen LogP contribution in [0, 0.1) is 22.7 Å². The van der Waals surface area contributed by atoms with Gasteiger partial charge in [0, 0.05) is 53.0 Å². The molecule has 0 spiro atoms. The van der Waals surface area contributed by atoms with Crippen molar-refractivity contribution in [1.29, 1.82) is 10.5 Å². The molecular formula is C50H46N4O8S2. The Hall–Kier alpha value is -7.00. The van der Waals surface area contributed by atoms with Crippen LogP contribution in [-0.2, 0) is 28.7 Å². The van der Waals surface area contributed by atoms with Crippen LogP contribution in [0.25, 0.3) is 11.1 Å². The first-order valence-corrected chi connectivity index (χ1v) is 22.4. The number of nitrogens with zero attached hydrogens (tertiary/aromatic N) is 2. The van der Waals surface area contributed by atoms with E-state index >= 15 is 0 Å². The van der Waals surface area contributed by atoms with Crippen LogP contribution in [0.3, 0.4) is 0 Å². The fourth-order valence-corrected chi connectivity index (χ4v) is 8.88. The van der Waals surface area contributed by atoms with Crippen molar-refractivity contribution in [2.45, 2.75) is 59.1 Å². The summed E-state index contributed by atoms with van der Waals surface area (Å²) in [6.45, 7) is 12.1. The van der Waals surface area contributed by atoms with Crippen molar-refractivity contribution in [3.05, 3.63) is 143 Å². The quantitative estimate of drug-likeness (QED) is 0.0343. The topological polar surface area (TPSA) is 177 Å². The maximum Gasteiger partial charge on any atom is 0.333 e. The van der Waals surface area contributed by atoms with Gasteiger partial charge in [-0.05, 0) is 85.3 Å². The molecule has 4 aromatic carbocycles. The van der Waals surface area contributed by atoms with Gasteiger partial charge in [-0.25, -0.2) is 9.59 Å². The number of fused-ring (bicyclic) bond motifs is 4. The van der Waals surface area contributed by atoms with E-state index in [0.717, 1.165) is 43.6 Å². The molecule has 0 saturated carbocycles. The van der Waals surface area contributed by atoms with E-state index in [4.69, 9.17) is 18.9 Å². The average molecular weight is 895 g/mol. The zero-order chi connectivity index (χ0) is 45.6. The fourth-order valence-electron chi connectivity index (χ4n) is 6.74. The van der Waals surface area contributed by atoms with Crippen molar-refractivity contribution in [3.8, 4) is 23.6 Å². The van der Waals surface area contributed by atoms with Gasteiger partial charge in [0.05, 0.1) is 26.3 Å². The van der Waals surface area contributed by atoms with Crippen LogP contribution in [0.1, 0.15) is 61.8 Å². The Morgan fingerprint density at radius 1 is 0.562 bits per heavy atom. The number of ether oxygens (including phenoxy) is 4. The lowest BCUT2D eigenvalue weighted by Crippen LogP contribution is -2.30. The second-order valence-corrected chi connectivity index (χ2v) is 16.6. The number of esters is 2. The van der Waals surface area contributed by atoms with E-state index < -0.39 is 23.8 Å². The molecule has 2 heterocycles. The van der Waals surface area contributed by atoms with E-state index in [2.05, 4.69) is 35.9 Å². The molecule has 326 valence electrons. The Morgan fingerprint density at radius 3 is 1.34 bits per heavy atom.